The minimum absolute atomic E-state index is 0.0437. The fourth-order valence-corrected chi connectivity index (χ4v) is 6.66. The highest BCUT2D eigenvalue weighted by Gasteiger charge is 2.37. The number of benzene rings is 2. The lowest BCUT2D eigenvalue weighted by atomic mass is 9.79. The number of fused-ring (bicyclic) bond motifs is 1. The van der Waals surface area contributed by atoms with Crippen LogP contribution in [0.4, 0.5) is 0 Å². The molecule has 11 heteroatoms. The Labute approximate surface area is 216 Å². The summed E-state index contributed by atoms with van der Waals surface area (Å²) in [7, 11) is -0.710. The van der Waals surface area contributed by atoms with Crippen LogP contribution in [-0.2, 0) is 21.2 Å². The summed E-state index contributed by atoms with van der Waals surface area (Å²) in [6.07, 6.45) is 1.55. The smallest absolute Gasteiger partial charge is 0.303 e. The maximum absolute atomic E-state index is 13.4. The van der Waals surface area contributed by atoms with Crippen molar-refractivity contribution in [3.8, 4) is 11.5 Å². The molecule has 2 aromatic carbocycles. The monoisotopic (exact) mass is 529 g/mol. The molecule has 2 atom stereocenters. The lowest BCUT2D eigenvalue weighted by molar-refractivity contribution is -0.138. The predicted octanol–water partition coefficient (Wildman–Crippen LogP) is 2.34. The molecule has 37 heavy (non-hydrogen) atoms. The molecule has 1 saturated heterocycles. The molecule has 198 valence electrons. The van der Waals surface area contributed by atoms with Crippen LogP contribution in [0.3, 0.4) is 0 Å². The number of aliphatic carboxylic acids is 1. The highest BCUT2D eigenvalue weighted by molar-refractivity contribution is 7.89. The van der Waals surface area contributed by atoms with Crippen molar-refractivity contribution in [2.45, 2.75) is 30.6 Å². The summed E-state index contributed by atoms with van der Waals surface area (Å²) in [6, 6.07) is 9.34. The summed E-state index contributed by atoms with van der Waals surface area (Å²) >= 11 is 0. The van der Waals surface area contributed by atoms with E-state index in [4.69, 9.17) is 20.2 Å². The van der Waals surface area contributed by atoms with Crippen LogP contribution in [0.2, 0.25) is 0 Å². The molecular weight excluding hydrogens is 498 g/mol. The molecule has 0 bridgehead atoms. The molecule has 3 N–H and O–H groups in total. The number of amides is 1. The number of piperidine rings is 1. The third-order valence-electron chi connectivity index (χ3n) is 7.13. The van der Waals surface area contributed by atoms with Crippen LogP contribution in [0, 0.1) is 11.8 Å². The highest BCUT2D eigenvalue weighted by Crippen LogP contribution is 2.37. The van der Waals surface area contributed by atoms with Crippen molar-refractivity contribution in [2.75, 3.05) is 33.9 Å². The normalized spacial score (nSPS) is 20.0. The number of nitrogens with two attached hydrogens (primary N) is 1. The van der Waals surface area contributed by atoms with Gasteiger partial charge in [0, 0.05) is 42.9 Å². The molecule has 4 rings (SSSR count). The summed E-state index contributed by atoms with van der Waals surface area (Å²) in [5.74, 6) is -0.794. The van der Waals surface area contributed by atoms with Gasteiger partial charge in [-0.25, -0.2) is 8.42 Å². The van der Waals surface area contributed by atoms with Crippen LogP contribution in [0.5, 0.6) is 11.5 Å². The minimum atomic E-state index is -3.85. The van der Waals surface area contributed by atoms with Crippen LogP contribution >= 0.6 is 0 Å². The zero-order valence-corrected chi connectivity index (χ0v) is 21.7. The Balaban J connectivity index is 1.62. The van der Waals surface area contributed by atoms with Crippen molar-refractivity contribution in [3.63, 3.8) is 0 Å². The zero-order valence-electron chi connectivity index (χ0n) is 20.8. The maximum atomic E-state index is 13.4. The number of carboxylic acid groups (broad SMARTS) is 1. The van der Waals surface area contributed by atoms with E-state index in [9.17, 15) is 23.1 Å². The molecule has 2 heterocycles. The van der Waals surface area contributed by atoms with Crippen molar-refractivity contribution < 1.29 is 32.6 Å². The van der Waals surface area contributed by atoms with E-state index in [2.05, 4.69) is 0 Å². The van der Waals surface area contributed by atoms with Crippen molar-refractivity contribution in [1.82, 2.24) is 4.31 Å². The quantitative estimate of drug-likeness (QED) is 0.506. The largest absolute Gasteiger partial charge is 0.493 e. The van der Waals surface area contributed by atoms with Gasteiger partial charge in [-0.05, 0) is 73.1 Å². The molecule has 2 aliphatic rings. The van der Waals surface area contributed by atoms with Gasteiger partial charge in [-0.2, -0.15) is 4.31 Å². The maximum Gasteiger partial charge on any atom is 0.303 e. The fraction of sp³-hybridized carbons (Fsp3) is 0.423. The molecule has 1 amide bonds. The molecule has 10 nitrogen and oxygen atoms in total. The molecule has 0 radical (unpaired) electrons. The zero-order chi connectivity index (χ0) is 26.7. The van der Waals surface area contributed by atoms with Crippen molar-refractivity contribution in [3.05, 3.63) is 53.1 Å². The molecule has 2 aliphatic heterocycles. The van der Waals surface area contributed by atoms with Gasteiger partial charge in [0.05, 0.1) is 19.1 Å². The second-order valence-corrected chi connectivity index (χ2v) is 11.2. The average Bonchev–Trinajstić information content (AvgIpc) is 2.88. The SMILES string of the molecule is COc1cc2c(cc1OC)C(CC1CN(S(=O)(=O)c3ccc(C(N)=O)cc3)CCC1CC(=O)O)=NCC2. The first-order valence-electron chi connectivity index (χ1n) is 12.0. The molecular formula is C26H31N3O7S. The number of ether oxygens (including phenoxy) is 2. The van der Waals surface area contributed by atoms with E-state index >= 15 is 0 Å². The van der Waals surface area contributed by atoms with Gasteiger partial charge in [0.25, 0.3) is 0 Å². The Bertz CT molecular complexity index is 1320. The van der Waals surface area contributed by atoms with Gasteiger partial charge >= 0.3 is 5.97 Å². The van der Waals surface area contributed by atoms with E-state index < -0.39 is 21.9 Å². The topological polar surface area (TPSA) is 149 Å². The second kappa shape index (κ2) is 10.9. The lowest BCUT2D eigenvalue weighted by Crippen LogP contribution is -2.45. The number of hydrogen-bond donors (Lipinski definition) is 2. The fourth-order valence-electron chi connectivity index (χ4n) is 5.15. The van der Waals surface area contributed by atoms with Gasteiger partial charge in [-0.1, -0.05) is 0 Å². The van der Waals surface area contributed by atoms with Gasteiger partial charge < -0.3 is 20.3 Å². The third kappa shape index (κ3) is 5.62. The molecule has 2 unspecified atom stereocenters. The summed E-state index contributed by atoms with van der Waals surface area (Å²) in [5.41, 5.74) is 8.29. The summed E-state index contributed by atoms with van der Waals surface area (Å²) < 4.78 is 39.1. The molecule has 1 fully saturated rings. The summed E-state index contributed by atoms with van der Waals surface area (Å²) in [5, 5.41) is 9.52. The van der Waals surface area contributed by atoms with E-state index in [-0.39, 0.29) is 41.8 Å². The number of methoxy groups -OCH3 is 2. The van der Waals surface area contributed by atoms with E-state index in [1.807, 2.05) is 12.1 Å². The number of sulfonamides is 1. The number of nitrogens with zero attached hydrogens (tertiary/aromatic N) is 2. The first kappa shape index (κ1) is 26.6. The highest BCUT2D eigenvalue weighted by atomic mass is 32.2. The average molecular weight is 530 g/mol. The molecule has 0 spiro atoms. The van der Waals surface area contributed by atoms with Crippen molar-refractivity contribution in [1.29, 1.82) is 0 Å². The van der Waals surface area contributed by atoms with Gasteiger partial charge in [-0.15, -0.1) is 0 Å². The lowest BCUT2D eigenvalue weighted by Gasteiger charge is -2.38. The van der Waals surface area contributed by atoms with Crippen molar-refractivity contribution >= 4 is 27.6 Å². The molecule has 0 saturated carbocycles. The predicted molar refractivity (Wildman–Crippen MR) is 137 cm³/mol. The van der Waals surface area contributed by atoms with Crippen LogP contribution < -0.4 is 15.2 Å². The standard InChI is InChI=1S/C26H31N3O7S/c1-35-23-12-18-7-9-28-22(21(18)14-24(23)36-2)11-19-15-29(10-8-17(19)13-25(30)31)37(33,34)20-5-3-16(4-6-20)26(27)32/h3-6,12,14,17,19H,7-11,13,15H2,1-2H3,(H2,27,32)(H,30,31). The minimum Gasteiger partial charge on any atom is -0.493 e. The molecule has 2 aromatic rings. The van der Waals surface area contributed by atoms with Crippen LogP contribution in [0.1, 0.15) is 40.7 Å². The number of carbonyl (C=O) groups excluding carboxylic acids is 1. The van der Waals surface area contributed by atoms with Gasteiger partial charge in [0.2, 0.25) is 15.9 Å². The Morgan fingerprint density at radius 3 is 2.41 bits per heavy atom. The number of carboxylic acids is 1. The van der Waals surface area contributed by atoms with Gasteiger partial charge in [0.15, 0.2) is 11.5 Å². The number of rotatable bonds is 9. The third-order valence-corrected chi connectivity index (χ3v) is 9.01. The molecule has 0 aliphatic carbocycles. The van der Waals surface area contributed by atoms with Crippen LogP contribution in [-0.4, -0.2) is 69.3 Å². The number of aliphatic imine (C=N–C) groups is 1. The Kier molecular flexibility index (Phi) is 7.84. The van der Waals surface area contributed by atoms with Crippen molar-refractivity contribution in [2.24, 2.45) is 22.6 Å². The van der Waals surface area contributed by atoms with Crippen LogP contribution in [0.15, 0.2) is 46.3 Å². The van der Waals surface area contributed by atoms with E-state index in [1.54, 1.807) is 14.2 Å². The summed E-state index contributed by atoms with van der Waals surface area (Å²) in [4.78, 5) is 27.8. The van der Waals surface area contributed by atoms with E-state index in [1.165, 1.54) is 28.6 Å². The first-order valence-corrected chi connectivity index (χ1v) is 13.5. The second-order valence-electron chi connectivity index (χ2n) is 9.31. The Morgan fingerprint density at radius 2 is 1.78 bits per heavy atom. The Hall–Kier alpha value is -3.44. The number of carbonyl (C=O) groups is 2. The first-order chi connectivity index (χ1) is 17.6. The number of hydrogen-bond acceptors (Lipinski definition) is 7. The molecule has 0 aromatic heterocycles. The van der Waals surface area contributed by atoms with Crippen LogP contribution in [0.25, 0.3) is 0 Å². The summed E-state index contributed by atoms with van der Waals surface area (Å²) in [6.45, 7) is 0.963. The van der Waals surface area contributed by atoms with Gasteiger partial charge in [-0.3, -0.25) is 14.6 Å². The van der Waals surface area contributed by atoms with E-state index in [0.29, 0.717) is 30.9 Å². The van der Waals surface area contributed by atoms with Gasteiger partial charge in [0.1, 0.15) is 0 Å². The van der Waals surface area contributed by atoms with E-state index in [0.717, 1.165) is 23.3 Å². The Morgan fingerprint density at radius 1 is 1.11 bits per heavy atom. The number of primary amides is 1.